The van der Waals surface area contributed by atoms with Gasteiger partial charge >= 0.3 is 0 Å². The minimum absolute atomic E-state index is 0. The van der Waals surface area contributed by atoms with Gasteiger partial charge in [-0.15, -0.1) is 23.8 Å². The van der Waals surface area contributed by atoms with E-state index in [0.717, 1.165) is 93.5 Å². The van der Waals surface area contributed by atoms with Crippen molar-refractivity contribution in [1.82, 2.24) is 9.97 Å². The molecule has 272 valence electrons. The maximum Gasteiger partial charge on any atom is 0.177 e. The first-order chi connectivity index (χ1) is 26.8. The Kier molecular flexibility index (Phi) is 7.71. The van der Waals surface area contributed by atoms with Crippen LogP contribution in [0, 0.1) is 6.07 Å². The minimum atomic E-state index is -0.147. The van der Waals surface area contributed by atoms with Crippen molar-refractivity contribution in [3.05, 3.63) is 151 Å². The third kappa shape index (κ3) is 5.18. The Morgan fingerprint density at radius 1 is 0.536 bits per heavy atom. The Bertz CT molecular complexity index is 3370. The molecule has 0 saturated carbocycles. The van der Waals surface area contributed by atoms with Crippen molar-refractivity contribution >= 4 is 76.3 Å². The Hall–Kier alpha value is -6.29. The Morgan fingerprint density at radius 2 is 1.21 bits per heavy atom. The maximum absolute atomic E-state index is 12.3. The first-order valence-electron chi connectivity index (χ1n) is 18.5. The molecule has 0 spiro atoms. The maximum atomic E-state index is 12.3. The van der Waals surface area contributed by atoms with Crippen molar-refractivity contribution in [2.45, 2.75) is 26.2 Å². The number of rotatable bonds is 3. The Labute approximate surface area is 336 Å². The molecular formula is C50H33N2O3Pt-. The Balaban J connectivity index is 0.00000384. The number of phenols is 1. The van der Waals surface area contributed by atoms with Gasteiger partial charge in [-0.3, -0.25) is 9.97 Å². The largest absolute Gasteiger partial charge is 0.504 e. The first kappa shape index (κ1) is 34.2. The molecule has 7 aromatic carbocycles. The number of aromatic nitrogens is 2. The van der Waals surface area contributed by atoms with Gasteiger partial charge in [-0.05, 0) is 63.0 Å². The minimum Gasteiger partial charge on any atom is -0.504 e. The molecule has 1 N–H and O–H groups in total. The summed E-state index contributed by atoms with van der Waals surface area (Å²) in [7, 11) is 0. The van der Waals surface area contributed by atoms with E-state index in [9.17, 15) is 5.11 Å². The smallest absolute Gasteiger partial charge is 0.177 e. The fourth-order valence-corrected chi connectivity index (χ4v) is 8.25. The molecule has 5 nitrogen and oxygen atoms in total. The molecular weight excluding hydrogens is 872 g/mol. The second kappa shape index (κ2) is 12.6. The average Bonchev–Trinajstić information content (AvgIpc) is 3.79. The van der Waals surface area contributed by atoms with E-state index in [1.807, 2.05) is 54.7 Å². The molecule has 0 aliphatic heterocycles. The number of para-hydroxylation sites is 1. The summed E-state index contributed by atoms with van der Waals surface area (Å²) in [5.41, 5.74) is 9.90. The molecule has 4 heterocycles. The van der Waals surface area contributed by atoms with Gasteiger partial charge < -0.3 is 13.9 Å². The summed E-state index contributed by atoms with van der Waals surface area (Å²) in [5, 5.41) is 20.6. The third-order valence-electron chi connectivity index (χ3n) is 11.0. The second-order valence-electron chi connectivity index (χ2n) is 15.4. The van der Waals surface area contributed by atoms with Crippen LogP contribution in [0.5, 0.6) is 5.75 Å². The van der Waals surface area contributed by atoms with Crippen LogP contribution in [0.4, 0.5) is 0 Å². The van der Waals surface area contributed by atoms with Gasteiger partial charge in [-0.1, -0.05) is 123 Å². The van der Waals surface area contributed by atoms with Gasteiger partial charge in [-0.25, -0.2) is 0 Å². The average molecular weight is 905 g/mol. The second-order valence-corrected chi connectivity index (χ2v) is 15.4. The van der Waals surface area contributed by atoms with Crippen LogP contribution in [0.15, 0.2) is 148 Å². The predicted octanol–water partition coefficient (Wildman–Crippen LogP) is 13.5. The monoisotopic (exact) mass is 904 g/mol. The van der Waals surface area contributed by atoms with Gasteiger partial charge in [0.05, 0.1) is 16.3 Å². The van der Waals surface area contributed by atoms with Crippen LogP contribution in [0.2, 0.25) is 0 Å². The summed E-state index contributed by atoms with van der Waals surface area (Å²) >= 11 is 0. The number of pyridine rings is 2. The van der Waals surface area contributed by atoms with Crippen molar-refractivity contribution in [3.63, 3.8) is 0 Å². The topological polar surface area (TPSA) is 72.3 Å². The van der Waals surface area contributed by atoms with E-state index in [4.69, 9.17) is 18.8 Å². The standard InChI is InChI=1S/C50H33N2O3.Pt/c1-50(2,3)32-24-30(23-31(25-32)41-26-29(21-22-51-41)28-11-5-4-6-12-28)40-19-17-36-33-13-7-8-14-34(33)38-27-39-44-43(55-49(39)47(53)45(38)46(36)52-40)20-18-37-35-15-9-10-16-42(35)54-48(37)44;/h4-22,24-27,53H,1-3H3;/q-1;. The summed E-state index contributed by atoms with van der Waals surface area (Å²) in [6.45, 7) is 6.65. The van der Waals surface area contributed by atoms with E-state index in [1.54, 1.807) is 0 Å². The van der Waals surface area contributed by atoms with Gasteiger partial charge in [0.15, 0.2) is 11.3 Å². The molecule has 0 aliphatic carbocycles. The van der Waals surface area contributed by atoms with Crippen LogP contribution in [-0.2, 0) is 26.5 Å². The first-order valence-corrected chi connectivity index (χ1v) is 18.5. The summed E-state index contributed by atoms with van der Waals surface area (Å²) in [5.74, 6) is 0.0587. The number of aromatic hydroxyl groups is 1. The van der Waals surface area contributed by atoms with E-state index in [-0.39, 0.29) is 32.2 Å². The zero-order valence-electron chi connectivity index (χ0n) is 30.8. The number of hydrogen-bond acceptors (Lipinski definition) is 5. The summed E-state index contributed by atoms with van der Waals surface area (Å²) < 4.78 is 12.9. The quantitative estimate of drug-likeness (QED) is 0.141. The number of benzene rings is 7. The molecule has 0 unspecified atom stereocenters. The van der Waals surface area contributed by atoms with E-state index in [0.29, 0.717) is 22.1 Å². The number of nitrogens with zero attached hydrogens (tertiary/aromatic N) is 2. The zero-order valence-corrected chi connectivity index (χ0v) is 33.0. The normalized spacial score (nSPS) is 12.1. The SMILES string of the molecule is CC(C)(C)c1cc(-c2cc(-c3ccccc3)ccn2)[c-]c(-c2ccc3c4ccccc4c4cc5c(oc6ccc7c8ccccc8oc7c65)c(O)c4c3n2)c1.[Pt]. The fraction of sp³-hybridized carbons (Fsp3) is 0.0800. The van der Waals surface area contributed by atoms with Gasteiger partial charge in [0.25, 0.3) is 0 Å². The third-order valence-corrected chi connectivity index (χ3v) is 11.0. The van der Waals surface area contributed by atoms with Crippen LogP contribution in [0.1, 0.15) is 26.3 Å². The van der Waals surface area contributed by atoms with Crippen molar-refractivity contribution < 1.29 is 35.0 Å². The number of hydrogen-bond donors (Lipinski definition) is 1. The molecule has 56 heavy (non-hydrogen) atoms. The van der Waals surface area contributed by atoms with Gasteiger partial charge in [0, 0.05) is 60.2 Å². The number of phenolic OH excluding ortho intramolecular Hbond substituents is 1. The fourth-order valence-electron chi connectivity index (χ4n) is 8.25. The van der Waals surface area contributed by atoms with Gasteiger partial charge in [0.2, 0.25) is 0 Å². The molecule has 0 amide bonds. The summed E-state index contributed by atoms with van der Waals surface area (Å²) in [6, 6.07) is 49.3. The molecule has 0 fully saturated rings. The van der Waals surface area contributed by atoms with Crippen molar-refractivity contribution in [2.75, 3.05) is 0 Å². The zero-order chi connectivity index (χ0) is 37.0. The van der Waals surface area contributed by atoms with E-state index in [1.165, 1.54) is 0 Å². The van der Waals surface area contributed by atoms with Crippen LogP contribution in [-0.4, -0.2) is 15.1 Å². The number of fused-ring (bicyclic) bond motifs is 13. The molecule has 0 radical (unpaired) electrons. The molecule has 0 atom stereocenters. The van der Waals surface area contributed by atoms with E-state index < -0.39 is 0 Å². The van der Waals surface area contributed by atoms with Crippen LogP contribution in [0.25, 0.3) is 110 Å². The van der Waals surface area contributed by atoms with E-state index >= 15 is 0 Å². The molecule has 0 bridgehead atoms. The molecule has 11 rings (SSSR count). The van der Waals surface area contributed by atoms with Crippen LogP contribution >= 0.6 is 0 Å². The Morgan fingerprint density at radius 3 is 2.00 bits per heavy atom. The number of furan rings is 2. The molecule has 0 aliphatic rings. The molecule has 11 aromatic rings. The van der Waals surface area contributed by atoms with Crippen LogP contribution in [0.3, 0.4) is 0 Å². The summed E-state index contributed by atoms with van der Waals surface area (Å²) in [4.78, 5) is 10.2. The molecule has 6 heteroatoms. The summed E-state index contributed by atoms with van der Waals surface area (Å²) in [6.07, 6.45) is 1.86. The van der Waals surface area contributed by atoms with E-state index in [2.05, 4.69) is 112 Å². The van der Waals surface area contributed by atoms with Crippen molar-refractivity contribution in [2.24, 2.45) is 0 Å². The van der Waals surface area contributed by atoms with Crippen LogP contribution < -0.4 is 0 Å². The van der Waals surface area contributed by atoms with Gasteiger partial charge in [0.1, 0.15) is 16.7 Å². The van der Waals surface area contributed by atoms with Gasteiger partial charge in [-0.2, -0.15) is 0 Å². The van der Waals surface area contributed by atoms with Crippen molar-refractivity contribution in [3.8, 4) is 39.4 Å². The molecule has 0 saturated heterocycles. The predicted molar refractivity (Wildman–Crippen MR) is 225 cm³/mol. The van der Waals surface area contributed by atoms with Crippen molar-refractivity contribution in [1.29, 1.82) is 0 Å². The molecule has 4 aromatic heterocycles.